The Morgan fingerprint density at radius 1 is 1.14 bits per heavy atom. The van der Waals surface area contributed by atoms with Gasteiger partial charge < -0.3 is 0 Å². The third kappa shape index (κ3) is 2.42. The molecule has 2 unspecified atom stereocenters. The van der Waals surface area contributed by atoms with E-state index in [1.807, 2.05) is 0 Å². The Kier molecular flexibility index (Phi) is 3.36. The Morgan fingerprint density at radius 3 is 2.69 bits per heavy atom. The Hall–Kier alpha value is -2.70. The molecule has 1 aromatic carbocycles. The van der Waals surface area contributed by atoms with Gasteiger partial charge in [0.1, 0.15) is 6.33 Å². The van der Waals surface area contributed by atoms with Crippen LogP contribution >= 0.6 is 0 Å². The van der Waals surface area contributed by atoms with E-state index in [2.05, 4.69) is 57.6 Å². The number of anilines is 1. The third-order valence-electron chi connectivity index (χ3n) is 7.90. The van der Waals surface area contributed by atoms with Gasteiger partial charge in [0.05, 0.1) is 5.41 Å². The van der Waals surface area contributed by atoms with Gasteiger partial charge >= 0.3 is 0 Å². The second kappa shape index (κ2) is 5.68. The van der Waals surface area contributed by atoms with Gasteiger partial charge in [-0.2, -0.15) is 9.50 Å². The maximum absolute atomic E-state index is 13.6. The first-order valence-electron chi connectivity index (χ1n) is 10.6. The summed E-state index contributed by atoms with van der Waals surface area (Å²) in [6.45, 7) is 4.37. The van der Waals surface area contributed by atoms with Gasteiger partial charge in [-0.1, -0.05) is 18.2 Å². The monoisotopic (exact) mass is 390 g/mol. The normalized spacial score (nSPS) is 32.8. The Labute approximate surface area is 169 Å². The van der Waals surface area contributed by atoms with E-state index in [1.165, 1.54) is 36.0 Å². The van der Waals surface area contributed by atoms with E-state index < -0.39 is 0 Å². The molecule has 4 fully saturated rings. The summed E-state index contributed by atoms with van der Waals surface area (Å²) in [5.41, 5.74) is 3.94. The summed E-state index contributed by atoms with van der Waals surface area (Å²) in [4.78, 5) is 17.7. The first kappa shape index (κ1) is 17.2. The number of amides is 1. The lowest BCUT2D eigenvalue weighted by Gasteiger charge is -2.61. The highest BCUT2D eigenvalue weighted by atomic mass is 16.2. The highest BCUT2D eigenvalue weighted by Crippen LogP contribution is 2.66. The molecule has 2 atom stereocenters. The zero-order valence-electron chi connectivity index (χ0n) is 16.9. The fourth-order valence-corrected chi connectivity index (χ4v) is 6.88. The Bertz CT molecular complexity index is 1110. The summed E-state index contributed by atoms with van der Waals surface area (Å²) in [5.74, 6) is 2.27. The molecule has 7 nitrogen and oxygen atoms in total. The standard InChI is InChI=1S/C22H26N6O/c1-13-3-4-17(5-14(13)2)21-7-15-6-16(8-21)10-22(9-15,11-21)18(29)25-20-27-26-19-23-12-24-28(19)20/h3-5,12,15-16H,6-11H2,1-2H3,(H,23,24,26)(H,25,27,29). The predicted octanol–water partition coefficient (Wildman–Crippen LogP) is 3.55. The maximum atomic E-state index is 13.6. The fourth-order valence-electron chi connectivity index (χ4n) is 6.88. The van der Waals surface area contributed by atoms with Crippen molar-refractivity contribution in [3.63, 3.8) is 0 Å². The highest BCUT2D eigenvalue weighted by molar-refractivity contribution is 5.94. The predicted molar refractivity (Wildman–Crippen MR) is 108 cm³/mol. The molecule has 0 aliphatic heterocycles. The summed E-state index contributed by atoms with van der Waals surface area (Å²) in [7, 11) is 0. The molecule has 1 amide bonds. The number of rotatable bonds is 3. The van der Waals surface area contributed by atoms with E-state index in [-0.39, 0.29) is 16.7 Å². The zero-order chi connectivity index (χ0) is 19.8. The number of aromatic nitrogens is 5. The number of nitrogens with one attached hydrogen (secondary N) is 2. The first-order chi connectivity index (χ1) is 14.0. The van der Waals surface area contributed by atoms with Crippen molar-refractivity contribution in [2.75, 3.05) is 5.32 Å². The minimum absolute atomic E-state index is 0.101. The van der Waals surface area contributed by atoms with Crippen molar-refractivity contribution in [2.45, 2.75) is 57.8 Å². The lowest BCUT2D eigenvalue weighted by Crippen LogP contribution is -2.58. The van der Waals surface area contributed by atoms with Gasteiger partial charge in [0.2, 0.25) is 5.91 Å². The minimum atomic E-state index is -0.311. The molecular weight excluding hydrogens is 364 g/mol. The van der Waals surface area contributed by atoms with Crippen molar-refractivity contribution in [3.05, 3.63) is 41.2 Å². The molecule has 0 saturated heterocycles. The summed E-state index contributed by atoms with van der Waals surface area (Å²) in [6, 6.07) is 6.94. The Morgan fingerprint density at radius 2 is 1.93 bits per heavy atom. The van der Waals surface area contributed by atoms with Gasteiger partial charge in [0, 0.05) is 0 Å². The molecule has 4 aliphatic carbocycles. The number of carbonyl (C=O) groups excluding carboxylic acids is 1. The summed E-state index contributed by atoms with van der Waals surface area (Å²) < 4.78 is 1.62. The van der Waals surface area contributed by atoms with Gasteiger partial charge in [-0.15, -0.1) is 10.2 Å². The van der Waals surface area contributed by atoms with Gasteiger partial charge in [-0.25, -0.2) is 0 Å². The van der Waals surface area contributed by atoms with E-state index in [0.717, 1.165) is 19.3 Å². The number of hydrogen-bond donors (Lipinski definition) is 2. The van der Waals surface area contributed by atoms with Crippen LogP contribution in [0.25, 0.3) is 5.78 Å². The van der Waals surface area contributed by atoms with Crippen LogP contribution in [0.2, 0.25) is 0 Å². The van der Waals surface area contributed by atoms with E-state index in [9.17, 15) is 4.79 Å². The molecule has 3 aromatic rings. The maximum Gasteiger partial charge on any atom is 0.273 e. The zero-order valence-corrected chi connectivity index (χ0v) is 16.9. The van der Waals surface area contributed by atoms with Gasteiger partial charge in [0.25, 0.3) is 11.7 Å². The lowest BCUT2D eigenvalue weighted by atomic mass is 9.42. The van der Waals surface area contributed by atoms with Crippen molar-refractivity contribution >= 4 is 17.6 Å². The van der Waals surface area contributed by atoms with Crippen LogP contribution in [0, 0.1) is 31.1 Å². The quantitative estimate of drug-likeness (QED) is 0.716. The molecule has 2 aromatic heterocycles. The topological polar surface area (TPSA) is 88.0 Å². The molecule has 29 heavy (non-hydrogen) atoms. The van der Waals surface area contributed by atoms with Crippen molar-refractivity contribution < 1.29 is 4.79 Å². The van der Waals surface area contributed by atoms with Crippen molar-refractivity contribution in [1.29, 1.82) is 0 Å². The van der Waals surface area contributed by atoms with E-state index in [4.69, 9.17) is 0 Å². The molecule has 0 radical (unpaired) electrons. The lowest BCUT2D eigenvalue weighted by molar-refractivity contribution is -0.143. The van der Waals surface area contributed by atoms with Gasteiger partial charge in [0.15, 0.2) is 0 Å². The van der Waals surface area contributed by atoms with Crippen molar-refractivity contribution in [3.8, 4) is 0 Å². The second-order valence-electron chi connectivity index (χ2n) is 9.82. The van der Waals surface area contributed by atoms with Crippen LogP contribution in [0.1, 0.15) is 55.2 Å². The van der Waals surface area contributed by atoms with E-state index in [0.29, 0.717) is 23.6 Å². The molecule has 2 heterocycles. The smallest absolute Gasteiger partial charge is 0.273 e. The van der Waals surface area contributed by atoms with Gasteiger partial charge in [-0.3, -0.25) is 15.2 Å². The average Bonchev–Trinajstić information content (AvgIpc) is 3.28. The summed E-state index contributed by atoms with van der Waals surface area (Å²) in [6.07, 6.45) is 8.19. The van der Waals surface area contributed by atoms with Crippen LogP contribution in [0.4, 0.5) is 5.95 Å². The molecule has 4 bridgehead atoms. The SMILES string of the molecule is Cc1ccc(C23CC4CC(CC(C(=O)Nc5nnc6nc[nH]n56)(C4)C2)C3)cc1C. The Balaban J connectivity index is 1.36. The molecule has 2 N–H and O–H groups in total. The van der Waals surface area contributed by atoms with Crippen LogP contribution in [-0.2, 0) is 10.2 Å². The fraction of sp³-hybridized carbons (Fsp3) is 0.545. The summed E-state index contributed by atoms with van der Waals surface area (Å²) >= 11 is 0. The van der Waals surface area contributed by atoms with Crippen molar-refractivity contribution in [1.82, 2.24) is 24.8 Å². The number of nitrogens with zero attached hydrogens (tertiary/aromatic N) is 4. The molecule has 0 spiro atoms. The van der Waals surface area contributed by atoms with E-state index in [1.54, 1.807) is 10.8 Å². The molecule has 7 heteroatoms. The number of H-pyrrole nitrogens is 1. The van der Waals surface area contributed by atoms with Crippen LogP contribution in [-0.4, -0.2) is 30.7 Å². The molecule has 4 aliphatic rings. The van der Waals surface area contributed by atoms with Crippen LogP contribution in [0.15, 0.2) is 24.5 Å². The minimum Gasteiger partial charge on any atom is -0.293 e. The number of carbonyl (C=O) groups is 1. The van der Waals surface area contributed by atoms with Crippen LogP contribution < -0.4 is 5.32 Å². The molecule has 4 saturated carbocycles. The summed E-state index contributed by atoms with van der Waals surface area (Å²) in [5, 5.41) is 14.2. The average molecular weight is 390 g/mol. The highest BCUT2D eigenvalue weighted by Gasteiger charge is 2.61. The first-order valence-corrected chi connectivity index (χ1v) is 10.6. The van der Waals surface area contributed by atoms with Crippen LogP contribution in [0.3, 0.4) is 0 Å². The molecule has 150 valence electrons. The number of aromatic amines is 1. The second-order valence-corrected chi connectivity index (χ2v) is 9.82. The molecule has 7 rings (SSSR count). The number of benzene rings is 1. The number of fused-ring (bicyclic) bond motifs is 1. The third-order valence-corrected chi connectivity index (χ3v) is 7.90. The van der Waals surface area contributed by atoms with Gasteiger partial charge in [-0.05, 0) is 86.3 Å². The largest absolute Gasteiger partial charge is 0.293 e. The van der Waals surface area contributed by atoms with Crippen molar-refractivity contribution in [2.24, 2.45) is 17.3 Å². The number of aryl methyl sites for hydroxylation is 2. The van der Waals surface area contributed by atoms with E-state index >= 15 is 0 Å². The van der Waals surface area contributed by atoms with Crippen LogP contribution in [0.5, 0.6) is 0 Å². The molecular formula is C22H26N6O. The number of hydrogen-bond acceptors (Lipinski definition) is 4.